The smallest absolute Gasteiger partial charge is 0.283 e. The molecule has 0 bridgehead atoms. The predicted octanol–water partition coefficient (Wildman–Crippen LogP) is 2.14. The van der Waals surface area contributed by atoms with Gasteiger partial charge in [0.15, 0.2) is 11.2 Å². The monoisotopic (exact) mass is 405 g/mol. The van der Waals surface area contributed by atoms with Gasteiger partial charge in [0.1, 0.15) is 0 Å². The van der Waals surface area contributed by atoms with Gasteiger partial charge in [-0.2, -0.15) is 4.98 Å². The summed E-state index contributed by atoms with van der Waals surface area (Å²) in [7, 11) is 0. The number of hydrogen-bond acceptors (Lipinski definition) is 5. The van der Waals surface area contributed by atoms with Gasteiger partial charge in [-0.3, -0.25) is 9.36 Å². The largest absolute Gasteiger partial charge is 0.306 e. The minimum absolute atomic E-state index is 0.124. The van der Waals surface area contributed by atoms with Crippen molar-refractivity contribution < 1.29 is 0 Å². The van der Waals surface area contributed by atoms with E-state index in [0.717, 1.165) is 10.1 Å². The Hall–Kier alpha value is -2.03. The molecule has 1 aromatic carbocycles. The molecule has 1 unspecified atom stereocenters. The molecule has 7 heteroatoms. The van der Waals surface area contributed by atoms with Crippen molar-refractivity contribution in [3.8, 4) is 0 Å². The molecule has 1 aliphatic rings. The van der Waals surface area contributed by atoms with Crippen molar-refractivity contribution >= 4 is 45.4 Å². The first-order chi connectivity index (χ1) is 10.8. The number of nitrogens with zero attached hydrogens (tertiary/aromatic N) is 5. The average Bonchev–Trinajstić information content (AvgIpc) is 2.95. The van der Waals surface area contributed by atoms with E-state index in [2.05, 4.69) is 42.4 Å². The molecule has 0 saturated heterocycles. The number of benzene rings is 1. The molecule has 0 saturated carbocycles. The van der Waals surface area contributed by atoms with Gasteiger partial charge >= 0.3 is 0 Å². The van der Waals surface area contributed by atoms with Gasteiger partial charge in [-0.1, -0.05) is 40.8 Å². The lowest BCUT2D eigenvalue weighted by molar-refractivity contribution is 0.665. The molecule has 0 aliphatic carbocycles. The Bertz CT molecular complexity index is 895. The fraction of sp³-hybridized carbons (Fsp3) is 0.200. The van der Waals surface area contributed by atoms with E-state index in [9.17, 15) is 4.79 Å². The quantitative estimate of drug-likeness (QED) is 0.483. The van der Waals surface area contributed by atoms with E-state index in [1.807, 2.05) is 30.3 Å². The Kier molecular flexibility index (Phi) is 3.29. The molecule has 6 nitrogen and oxygen atoms in total. The summed E-state index contributed by atoms with van der Waals surface area (Å²) in [5.74, 6) is 0.644. The van der Waals surface area contributed by atoms with E-state index in [1.54, 1.807) is 10.8 Å². The maximum atomic E-state index is 12.7. The number of halogens is 1. The summed E-state index contributed by atoms with van der Waals surface area (Å²) in [6.07, 6.45) is 3.08. The van der Waals surface area contributed by atoms with Gasteiger partial charge in [0.05, 0.1) is 12.6 Å². The molecule has 110 valence electrons. The van der Waals surface area contributed by atoms with Gasteiger partial charge in [-0.25, -0.2) is 9.97 Å². The second-order valence-electron chi connectivity index (χ2n) is 5.07. The lowest BCUT2D eigenvalue weighted by atomic mass is 10.2. The van der Waals surface area contributed by atoms with Crippen molar-refractivity contribution in [2.24, 2.45) is 0 Å². The van der Waals surface area contributed by atoms with Gasteiger partial charge in [0, 0.05) is 22.5 Å². The summed E-state index contributed by atoms with van der Waals surface area (Å²) >= 11 is 2.35. The average molecular weight is 405 g/mol. The van der Waals surface area contributed by atoms with Gasteiger partial charge in [0.2, 0.25) is 5.95 Å². The fourth-order valence-corrected chi connectivity index (χ4v) is 3.45. The van der Waals surface area contributed by atoms with Gasteiger partial charge in [-0.05, 0) is 12.1 Å². The lowest BCUT2D eigenvalue weighted by Gasteiger charge is -2.23. The van der Waals surface area contributed by atoms with Crippen LogP contribution in [0, 0.1) is 0 Å². The molecule has 0 fully saturated rings. The van der Waals surface area contributed by atoms with Crippen LogP contribution in [0.4, 0.5) is 11.6 Å². The Morgan fingerprint density at radius 2 is 1.95 bits per heavy atom. The molecular formula is C15H12IN5O. The van der Waals surface area contributed by atoms with Crippen LogP contribution in [0.5, 0.6) is 0 Å². The van der Waals surface area contributed by atoms with Crippen molar-refractivity contribution in [3.63, 3.8) is 0 Å². The van der Waals surface area contributed by atoms with Crippen molar-refractivity contribution in [2.75, 3.05) is 9.33 Å². The Labute approximate surface area is 140 Å². The Balaban J connectivity index is 1.98. The highest BCUT2D eigenvalue weighted by Crippen LogP contribution is 2.32. The topological polar surface area (TPSA) is 63.9 Å². The van der Waals surface area contributed by atoms with E-state index in [4.69, 9.17) is 0 Å². The summed E-state index contributed by atoms with van der Waals surface area (Å²) < 4.78 is 2.60. The van der Waals surface area contributed by atoms with Crippen LogP contribution in [-0.2, 0) is 6.54 Å². The van der Waals surface area contributed by atoms with Crippen molar-refractivity contribution in [3.05, 3.63) is 53.1 Å². The molecule has 0 spiro atoms. The zero-order valence-corrected chi connectivity index (χ0v) is 13.7. The molecule has 2 aromatic heterocycles. The molecule has 4 rings (SSSR count). The molecule has 3 heterocycles. The summed E-state index contributed by atoms with van der Waals surface area (Å²) in [4.78, 5) is 27.7. The number of anilines is 2. The molecule has 1 aliphatic heterocycles. The minimum Gasteiger partial charge on any atom is -0.306 e. The van der Waals surface area contributed by atoms with Gasteiger partial charge in [-0.15, -0.1) is 0 Å². The lowest BCUT2D eigenvalue weighted by Crippen LogP contribution is -2.29. The summed E-state index contributed by atoms with van der Waals surface area (Å²) in [5, 5.41) is 0. The zero-order valence-electron chi connectivity index (χ0n) is 11.6. The van der Waals surface area contributed by atoms with Crippen molar-refractivity contribution in [1.82, 2.24) is 19.5 Å². The Morgan fingerprint density at radius 3 is 2.73 bits per heavy atom. The molecule has 0 radical (unpaired) electrons. The maximum absolute atomic E-state index is 12.7. The first-order valence-electron chi connectivity index (χ1n) is 6.91. The van der Waals surface area contributed by atoms with Crippen molar-refractivity contribution in [1.29, 1.82) is 0 Å². The van der Waals surface area contributed by atoms with Crippen LogP contribution < -0.4 is 10.5 Å². The van der Waals surface area contributed by atoms with Crippen LogP contribution in [0.2, 0.25) is 0 Å². The van der Waals surface area contributed by atoms with Crippen LogP contribution in [0.25, 0.3) is 11.2 Å². The van der Waals surface area contributed by atoms with Gasteiger partial charge < -0.3 is 4.90 Å². The summed E-state index contributed by atoms with van der Waals surface area (Å²) in [6.45, 7) is 0.617. The predicted molar refractivity (Wildman–Crippen MR) is 92.8 cm³/mol. The number of alkyl halides is 1. The molecule has 0 N–H and O–H groups in total. The highest BCUT2D eigenvalue weighted by molar-refractivity contribution is 14.1. The number of fused-ring (bicyclic) bond motifs is 2. The second kappa shape index (κ2) is 5.31. The van der Waals surface area contributed by atoms with Gasteiger partial charge in [0.25, 0.3) is 5.56 Å². The molecule has 22 heavy (non-hydrogen) atoms. The first-order valence-corrected chi connectivity index (χ1v) is 8.44. The highest BCUT2D eigenvalue weighted by Gasteiger charge is 2.33. The number of para-hydroxylation sites is 1. The standard InChI is InChI=1S/C15H12IN5O/c16-8-11-9-20-14(22)12-13(18-7-6-17-12)19-15(20)21(11)10-4-2-1-3-5-10/h1-7,11H,8-9H2. The Morgan fingerprint density at radius 1 is 1.18 bits per heavy atom. The molecule has 3 aromatic rings. The normalized spacial score (nSPS) is 17.0. The third-order valence-electron chi connectivity index (χ3n) is 3.76. The van der Waals surface area contributed by atoms with Crippen LogP contribution in [0.1, 0.15) is 0 Å². The third-order valence-corrected chi connectivity index (χ3v) is 4.78. The van der Waals surface area contributed by atoms with E-state index in [0.29, 0.717) is 23.7 Å². The SMILES string of the molecule is O=c1c2nccnc2nc2n1CC(CI)N2c1ccccc1. The minimum atomic E-state index is -0.124. The number of aromatic nitrogens is 4. The van der Waals surface area contributed by atoms with Crippen LogP contribution in [0.3, 0.4) is 0 Å². The molecule has 1 atom stereocenters. The van der Waals surface area contributed by atoms with E-state index >= 15 is 0 Å². The third kappa shape index (κ3) is 1.99. The highest BCUT2D eigenvalue weighted by atomic mass is 127. The number of hydrogen-bond donors (Lipinski definition) is 0. The van der Waals surface area contributed by atoms with Crippen LogP contribution in [-0.4, -0.2) is 30.0 Å². The summed E-state index contributed by atoms with van der Waals surface area (Å²) in [6, 6.07) is 10.2. The van der Waals surface area contributed by atoms with Crippen molar-refractivity contribution in [2.45, 2.75) is 12.6 Å². The molecule has 0 amide bonds. The summed E-state index contributed by atoms with van der Waals surface area (Å²) in [5.41, 5.74) is 1.63. The first kappa shape index (κ1) is 13.6. The van der Waals surface area contributed by atoms with E-state index < -0.39 is 0 Å². The van der Waals surface area contributed by atoms with Crippen LogP contribution >= 0.6 is 22.6 Å². The maximum Gasteiger partial charge on any atom is 0.283 e. The van der Waals surface area contributed by atoms with E-state index in [-0.39, 0.29) is 11.6 Å². The second-order valence-corrected chi connectivity index (χ2v) is 5.95. The number of rotatable bonds is 2. The van der Waals surface area contributed by atoms with E-state index in [1.165, 1.54) is 6.20 Å². The van der Waals surface area contributed by atoms with Crippen LogP contribution in [0.15, 0.2) is 47.5 Å². The fourth-order valence-electron chi connectivity index (χ4n) is 2.77. The molecular weight excluding hydrogens is 393 g/mol. The zero-order chi connectivity index (χ0) is 15.1.